The molecule has 0 aromatic heterocycles. The highest BCUT2D eigenvalue weighted by Gasteiger charge is 2.04. The van der Waals surface area contributed by atoms with Gasteiger partial charge in [-0.15, -0.1) is 0 Å². The zero-order valence-corrected chi connectivity index (χ0v) is 18.1. The number of ether oxygens (including phenoxy) is 3. The van der Waals surface area contributed by atoms with E-state index in [4.69, 9.17) is 15.2 Å². The summed E-state index contributed by atoms with van der Waals surface area (Å²) in [6, 6.07) is 24.8. The molecule has 6 heteroatoms. The van der Waals surface area contributed by atoms with Crippen molar-refractivity contribution in [1.29, 1.82) is 0 Å². The van der Waals surface area contributed by atoms with Gasteiger partial charge in [0, 0.05) is 5.56 Å². The minimum Gasteiger partial charge on any atom is -0.489 e. The van der Waals surface area contributed by atoms with Crippen LogP contribution in [0.25, 0.3) is 0 Å². The fourth-order valence-corrected chi connectivity index (χ4v) is 2.59. The van der Waals surface area contributed by atoms with Gasteiger partial charge in [-0.1, -0.05) is 50.2 Å². The maximum atomic E-state index is 11.2. The van der Waals surface area contributed by atoms with Crippen molar-refractivity contribution in [3.63, 3.8) is 0 Å². The number of hydrogen-bond donors (Lipinski definition) is 1. The van der Waals surface area contributed by atoms with Gasteiger partial charge in [0.2, 0.25) is 0 Å². The summed E-state index contributed by atoms with van der Waals surface area (Å²) in [6.07, 6.45) is -0.737. The lowest BCUT2D eigenvalue weighted by molar-refractivity contribution is 0.182. The number of rotatable bonds is 7. The van der Waals surface area contributed by atoms with E-state index in [0.717, 1.165) is 16.9 Å². The Balaban J connectivity index is 0.00000166. The zero-order valence-electron chi connectivity index (χ0n) is 18.1. The van der Waals surface area contributed by atoms with Crippen molar-refractivity contribution in [2.75, 3.05) is 7.11 Å². The molecule has 0 heterocycles. The highest BCUT2D eigenvalue weighted by atomic mass is 16.5. The van der Waals surface area contributed by atoms with Gasteiger partial charge in [0.05, 0.1) is 7.11 Å². The topological polar surface area (TPSA) is 83.1 Å². The average molecular weight is 421 g/mol. The molecule has 1 amide bonds. The summed E-state index contributed by atoms with van der Waals surface area (Å²) in [5.41, 5.74) is 8.49. The molecule has 0 saturated heterocycles. The van der Waals surface area contributed by atoms with Crippen LogP contribution in [0.4, 0.5) is 4.79 Å². The summed E-state index contributed by atoms with van der Waals surface area (Å²) in [4.78, 5) is 14.8. The van der Waals surface area contributed by atoms with E-state index in [-0.39, 0.29) is 5.84 Å². The summed E-state index contributed by atoms with van der Waals surface area (Å²) in [5.74, 6) is 1.62. The number of para-hydroxylation sites is 1. The summed E-state index contributed by atoms with van der Waals surface area (Å²) < 4.78 is 16.1. The molecular weight excluding hydrogens is 392 g/mol. The number of carbonyl (C=O) groups excluding carboxylic acids is 1. The van der Waals surface area contributed by atoms with Crippen LogP contribution in [0.5, 0.6) is 11.5 Å². The molecule has 0 spiro atoms. The van der Waals surface area contributed by atoms with Crippen molar-refractivity contribution >= 4 is 11.9 Å². The molecule has 0 atom stereocenters. The normalized spacial score (nSPS) is 10.5. The fourth-order valence-electron chi connectivity index (χ4n) is 2.59. The largest absolute Gasteiger partial charge is 0.489 e. The van der Waals surface area contributed by atoms with Crippen molar-refractivity contribution in [3.8, 4) is 11.5 Å². The van der Waals surface area contributed by atoms with Gasteiger partial charge in [-0.25, -0.2) is 4.79 Å². The van der Waals surface area contributed by atoms with Crippen LogP contribution in [0.15, 0.2) is 83.9 Å². The Bertz CT molecular complexity index is 970. The van der Waals surface area contributed by atoms with Crippen molar-refractivity contribution in [3.05, 3.63) is 95.6 Å². The number of hydrogen-bond acceptors (Lipinski definition) is 4. The SMILES string of the molecule is CC.COC(=O)N=C(N)c1ccc(OCc2cccc(COc3ccccc3)c2)cc1. The number of benzene rings is 3. The highest BCUT2D eigenvalue weighted by Crippen LogP contribution is 2.16. The van der Waals surface area contributed by atoms with E-state index in [1.807, 2.05) is 62.4 Å². The van der Waals surface area contributed by atoms with Crippen molar-refractivity contribution < 1.29 is 19.0 Å². The summed E-state index contributed by atoms with van der Waals surface area (Å²) >= 11 is 0. The maximum absolute atomic E-state index is 11.2. The molecule has 0 aliphatic rings. The minimum absolute atomic E-state index is 0.0921. The molecule has 162 valence electrons. The Labute approximate surface area is 183 Å². The van der Waals surface area contributed by atoms with Crippen LogP contribution in [0, 0.1) is 0 Å². The van der Waals surface area contributed by atoms with Crippen LogP contribution in [-0.2, 0) is 18.0 Å². The van der Waals surface area contributed by atoms with E-state index in [9.17, 15) is 4.79 Å². The Hall–Kier alpha value is -3.80. The second kappa shape index (κ2) is 12.7. The fraction of sp³-hybridized carbons (Fsp3) is 0.200. The van der Waals surface area contributed by atoms with Gasteiger partial charge in [0.1, 0.15) is 30.5 Å². The molecule has 6 nitrogen and oxygen atoms in total. The van der Waals surface area contributed by atoms with Crippen LogP contribution < -0.4 is 15.2 Å². The number of aliphatic imine (C=N–C) groups is 1. The lowest BCUT2D eigenvalue weighted by Crippen LogP contribution is -2.15. The molecule has 0 unspecified atom stereocenters. The first kappa shape index (κ1) is 23.5. The second-order valence-electron chi connectivity index (χ2n) is 6.20. The smallest absolute Gasteiger partial charge is 0.435 e. The second-order valence-corrected chi connectivity index (χ2v) is 6.20. The maximum Gasteiger partial charge on any atom is 0.435 e. The third-order valence-corrected chi connectivity index (χ3v) is 4.08. The van der Waals surface area contributed by atoms with Gasteiger partial charge >= 0.3 is 6.09 Å². The van der Waals surface area contributed by atoms with Crippen LogP contribution in [0.2, 0.25) is 0 Å². The van der Waals surface area contributed by atoms with Crippen molar-refractivity contribution in [2.24, 2.45) is 10.7 Å². The quantitative estimate of drug-likeness (QED) is 0.412. The molecule has 3 aromatic carbocycles. The van der Waals surface area contributed by atoms with Gasteiger partial charge in [-0.3, -0.25) is 0 Å². The first-order chi connectivity index (χ1) is 15.1. The van der Waals surface area contributed by atoms with Gasteiger partial charge in [-0.2, -0.15) is 4.99 Å². The molecule has 0 saturated carbocycles. The standard InChI is InChI=1S/C23H22N2O4.C2H6/c1-27-23(26)25-22(24)19-10-12-21(13-11-19)29-16-18-7-5-6-17(14-18)15-28-20-8-3-2-4-9-20;1-2/h2-14H,15-16H2,1H3,(H2,24,25,26);1-2H3. The first-order valence-electron chi connectivity index (χ1n) is 10.0. The molecule has 0 aliphatic carbocycles. The van der Waals surface area contributed by atoms with Gasteiger partial charge in [0.25, 0.3) is 0 Å². The van der Waals surface area contributed by atoms with Crippen LogP contribution in [0.1, 0.15) is 30.5 Å². The molecular formula is C25H28N2O4. The van der Waals surface area contributed by atoms with E-state index >= 15 is 0 Å². The van der Waals surface area contributed by atoms with Gasteiger partial charge in [0.15, 0.2) is 0 Å². The zero-order chi connectivity index (χ0) is 22.5. The predicted octanol–water partition coefficient (Wildman–Crippen LogP) is 5.34. The summed E-state index contributed by atoms with van der Waals surface area (Å²) in [6.45, 7) is 4.91. The van der Waals surface area contributed by atoms with E-state index in [1.54, 1.807) is 24.3 Å². The number of nitrogens with zero attached hydrogens (tertiary/aromatic N) is 1. The van der Waals surface area contributed by atoms with Gasteiger partial charge < -0.3 is 19.9 Å². The van der Waals surface area contributed by atoms with E-state index in [1.165, 1.54) is 7.11 Å². The van der Waals surface area contributed by atoms with Crippen LogP contribution >= 0.6 is 0 Å². The summed E-state index contributed by atoms with van der Waals surface area (Å²) in [7, 11) is 1.25. The van der Waals surface area contributed by atoms with Gasteiger partial charge in [-0.05, 0) is 53.6 Å². The minimum atomic E-state index is -0.737. The third-order valence-electron chi connectivity index (χ3n) is 4.08. The lowest BCUT2D eigenvalue weighted by Gasteiger charge is -2.10. The Morgan fingerprint density at radius 1 is 0.806 bits per heavy atom. The molecule has 0 fully saturated rings. The predicted molar refractivity (Wildman–Crippen MR) is 122 cm³/mol. The molecule has 3 rings (SSSR count). The molecule has 0 bridgehead atoms. The van der Waals surface area contributed by atoms with E-state index in [0.29, 0.717) is 24.5 Å². The number of carbonyl (C=O) groups is 1. The first-order valence-corrected chi connectivity index (χ1v) is 10.0. The van der Waals surface area contributed by atoms with Crippen LogP contribution in [0.3, 0.4) is 0 Å². The average Bonchev–Trinajstić information content (AvgIpc) is 2.84. The number of methoxy groups -OCH3 is 1. The summed E-state index contributed by atoms with van der Waals surface area (Å²) in [5, 5.41) is 0. The number of amides is 1. The molecule has 0 radical (unpaired) electrons. The highest BCUT2D eigenvalue weighted by molar-refractivity contribution is 6.02. The number of nitrogens with two attached hydrogens (primary N) is 1. The lowest BCUT2D eigenvalue weighted by atomic mass is 10.1. The van der Waals surface area contributed by atoms with Crippen molar-refractivity contribution in [1.82, 2.24) is 0 Å². The van der Waals surface area contributed by atoms with Crippen LogP contribution in [-0.4, -0.2) is 19.0 Å². The Morgan fingerprint density at radius 2 is 1.35 bits per heavy atom. The Morgan fingerprint density at radius 3 is 1.90 bits per heavy atom. The monoisotopic (exact) mass is 420 g/mol. The Kier molecular flexibility index (Phi) is 9.62. The van der Waals surface area contributed by atoms with Crippen molar-refractivity contribution in [2.45, 2.75) is 27.1 Å². The molecule has 31 heavy (non-hydrogen) atoms. The molecule has 2 N–H and O–H groups in total. The molecule has 3 aromatic rings. The number of amidine groups is 1. The third kappa shape index (κ3) is 7.85. The van der Waals surface area contributed by atoms with E-state index < -0.39 is 6.09 Å². The molecule has 0 aliphatic heterocycles. The van der Waals surface area contributed by atoms with E-state index in [2.05, 4.69) is 15.8 Å².